The van der Waals surface area contributed by atoms with E-state index < -0.39 is 30.1 Å². The highest BCUT2D eigenvalue weighted by molar-refractivity contribution is 5.95. The Morgan fingerprint density at radius 3 is 2.75 bits per heavy atom. The summed E-state index contributed by atoms with van der Waals surface area (Å²) in [6.07, 6.45) is 10.7. The number of aromatic nitrogens is 1. The number of nitrogens with zero attached hydrogens (tertiary/aromatic N) is 2. The van der Waals surface area contributed by atoms with E-state index in [2.05, 4.69) is 16.9 Å². The second-order valence-corrected chi connectivity index (χ2v) is 10.5. The van der Waals surface area contributed by atoms with Crippen molar-refractivity contribution >= 4 is 23.6 Å². The zero-order valence-corrected chi connectivity index (χ0v) is 23.4. The van der Waals surface area contributed by atoms with Gasteiger partial charge in [-0.25, -0.2) is 9.78 Å². The van der Waals surface area contributed by atoms with E-state index in [0.29, 0.717) is 25.8 Å². The van der Waals surface area contributed by atoms with Gasteiger partial charge in [-0.15, -0.1) is 6.58 Å². The fourth-order valence-electron chi connectivity index (χ4n) is 4.90. The molecule has 2 N–H and O–H groups in total. The van der Waals surface area contributed by atoms with E-state index in [1.165, 1.54) is 17.2 Å². The molecule has 2 bridgehead atoms. The van der Waals surface area contributed by atoms with E-state index in [4.69, 9.17) is 9.15 Å². The van der Waals surface area contributed by atoms with Crippen LogP contribution in [0.5, 0.6) is 0 Å². The van der Waals surface area contributed by atoms with Crippen molar-refractivity contribution in [1.29, 1.82) is 0 Å². The fourth-order valence-corrected chi connectivity index (χ4v) is 4.90. The number of allylic oxidation sites excluding steroid dienone is 3. The summed E-state index contributed by atoms with van der Waals surface area (Å²) in [6.45, 7) is 10.1. The first-order chi connectivity index (χ1) is 19.1. The number of Topliss-reactive ketones (excluding diaryl/α,β-unsaturated/α-hetero) is 1. The van der Waals surface area contributed by atoms with Crippen LogP contribution in [0, 0.1) is 11.8 Å². The highest BCUT2D eigenvalue weighted by Crippen LogP contribution is 2.27. The summed E-state index contributed by atoms with van der Waals surface area (Å²) in [5, 5.41) is 13.1. The molecule has 0 spiro atoms. The lowest BCUT2D eigenvalue weighted by Crippen LogP contribution is -2.44. The minimum Gasteiger partial charge on any atom is -0.460 e. The number of carbonyl (C=O) groups excluding carboxylic acids is 4. The Bertz CT molecular complexity index is 1180. The molecule has 4 unspecified atom stereocenters. The number of aliphatic hydroxyl groups is 1. The number of aliphatic hydroxyl groups excluding tert-OH is 1. The number of ketones is 1. The van der Waals surface area contributed by atoms with E-state index in [1.807, 2.05) is 13.8 Å². The maximum absolute atomic E-state index is 13.3. The SMILES string of the molecule is C=CCC1/C=C/C(=O)NC/C=C/C(C)=C/C(O)CC(=O)Cc2nc(co2)C(=O)N2CCCC2C(=O)OC1C(C)C. The van der Waals surface area contributed by atoms with Crippen LogP contribution in [-0.2, 0) is 25.5 Å². The molecule has 10 heteroatoms. The van der Waals surface area contributed by atoms with Gasteiger partial charge in [-0.3, -0.25) is 14.4 Å². The number of amides is 2. The van der Waals surface area contributed by atoms with E-state index in [0.717, 1.165) is 5.57 Å². The molecule has 2 aliphatic rings. The Labute approximate surface area is 234 Å². The molecule has 3 heterocycles. The van der Waals surface area contributed by atoms with Crippen LogP contribution in [0.3, 0.4) is 0 Å². The first-order valence-electron chi connectivity index (χ1n) is 13.7. The average Bonchev–Trinajstić information content (AvgIpc) is 3.56. The van der Waals surface area contributed by atoms with Crippen molar-refractivity contribution in [2.75, 3.05) is 13.1 Å². The summed E-state index contributed by atoms with van der Waals surface area (Å²) in [5.41, 5.74) is 0.724. The maximum atomic E-state index is 13.3. The summed E-state index contributed by atoms with van der Waals surface area (Å²) >= 11 is 0. The molecule has 3 rings (SSSR count). The fraction of sp³-hybridized carbons (Fsp3) is 0.500. The van der Waals surface area contributed by atoms with Crippen molar-refractivity contribution in [3.63, 3.8) is 0 Å². The second-order valence-electron chi connectivity index (χ2n) is 10.5. The minimum atomic E-state index is -1.01. The highest BCUT2D eigenvalue weighted by atomic mass is 16.5. The zero-order chi connectivity index (χ0) is 29.2. The zero-order valence-electron chi connectivity index (χ0n) is 23.4. The summed E-state index contributed by atoms with van der Waals surface area (Å²) in [6, 6.07) is -0.786. The van der Waals surface area contributed by atoms with Crippen LogP contribution in [0.25, 0.3) is 0 Å². The molecule has 10 nitrogen and oxygen atoms in total. The van der Waals surface area contributed by atoms with Gasteiger partial charge >= 0.3 is 5.97 Å². The molecule has 0 aliphatic carbocycles. The van der Waals surface area contributed by atoms with Gasteiger partial charge < -0.3 is 24.5 Å². The van der Waals surface area contributed by atoms with Gasteiger partial charge in [-0.1, -0.05) is 49.8 Å². The lowest BCUT2D eigenvalue weighted by molar-refractivity contribution is -0.158. The number of oxazole rings is 1. The van der Waals surface area contributed by atoms with Gasteiger partial charge in [0.25, 0.3) is 5.91 Å². The molecule has 1 fully saturated rings. The summed E-state index contributed by atoms with van der Waals surface area (Å²) in [5.74, 6) is -1.91. The van der Waals surface area contributed by atoms with Gasteiger partial charge in [0.15, 0.2) is 5.69 Å². The van der Waals surface area contributed by atoms with E-state index in [1.54, 1.807) is 37.3 Å². The first kappa shape index (κ1) is 30.7. The largest absolute Gasteiger partial charge is 0.460 e. The molecule has 4 atom stereocenters. The Hall–Kier alpha value is -3.79. The van der Waals surface area contributed by atoms with Gasteiger partial charge in [0, 0.05) is 25.4 Å². The van der Waals surface area contributed by atoms with Gasteiger partial charge in [0.05, 0.1) is 12.5 Å². The molecule has 216 valence electrons. The van der Waals surface area contributed by atoms with Crippen LogP contribution >= 0.6 is 0 Å². The lowest BCUT2D eigenvalue weighted by atomic mass is 9.89. The van der Waals surface area contributed by atoms with Gasteiger partial charge in [0.2, 0.25) is 11.8 Å². The number of esters is 1. The molecular formula is C30H39N3O7. The van der Waals surface area contributed by atoms with Crippen LogP contribution in [0.2, 0.25) is 0 Å². The maximum Gasteiger partial charge on any atom is 0.329 e. The standard InChI is InChI=1S/C30H39N3O7/c1-5-8-21-11-12-26(36)31-13-6-9-20(4)15-22(34)16-23(35)17-27-32-24(18-39-27)29(37)33-14-7-10-25(33)30(38)40-28(21)19(2)3/h5-6,9,11-12,15,18-19,21-22,25,28,34H,1,7-8,10,13-14,16-17H2,2-4H3,(H,31,36)/b9-6+,12-11+,20-15+. The van der Waals surface area contributed by atoms with Gasteiger partial charge in [-0.2, -0.15) is 0 Å². The number of fused-ring (bicyclic) bond motifs is 3. The Morgan fingerprint density at radius 1 is 1.25 bits per heavy atom. The van der Waals surface area contributed by atoms with Crippen molar-refractivity contribution in [1.82, 2.24) is 15.2 Å². The summed E-state index contributed by atoms with van der Waals surface area (Å²) in [4.78, 5) is 57.1. The van der Waals surface area contributed by atoms with Crippen LogP contribution in [0.4, 0.5) is 0 Å². The molecule has 2 amide bonds. The molecule has 2 aliphatic heterocycles. The third-order valence-corrected chi connectivity index (χ3v) is 6.84. The Balaban J connectivity index is 1.90. The first-order valence-corrected chi connectivity index (χ1v) is 13.7. The van der Waals surface area contributed by atoms with Gasteiger partial charge in [-0.05, 0) is 38.2 Å². The highest BCUT2D eigenvalue weighted by Gasteiger charge is 2.39. The topological polar surface area (TPSA) is 139 Å². The molecule has 40 heavy (non-hydrogen) atoms. The third kappa shape index (κ3) is 8.61. The predicted molar refractivity (Wildman–Crippen MR) is 148 cm³/mol. The van der Waals surface area contributed by atoms with Crippen LogP contribution < -0.4 is 5.32 Å². The average molecular weight is 554 g/mol. The monoisotopic (exact) mass is 553 g/mol. The molecule has 0 aromatic carbocycles. The van der Waals surface area contributed by atoms with Crippen LogP contribution in [0.1, 0.15) is 62.8 Å². The second kappa shape index (κ2) is 14.6. The number of cyclic esters (lactones) is 1. The number of nitrogens with one attached hydrogen (secondary N) is 1. The summed E-state index contributed by atoms with van der Waals surface area (Å²) < 4.78 is 11.3. The van der Waals surface area contributed by atoms with Crippen LogP contribution in [0.15, 0.2) is 59.3 Å². The van der Waals surface area contributed by atoms with E-state index in [9.17, 15) is 24.3 Å². The number of hydrogen-bond donors (Lipinski definition) is 2. The number of ether oxygens (including phenoxy) is 1. The number of rotatable bonds is 3. The normalized spacial score (nSPS) is 28.7. The van der Waals surface area contributed by atoms with E-state index >= 15 is 0 Å². The van der Waals surface area contributed by atoms with Crippen molar-refractivity contribution in [2.24, 2.45) is 11.8 Å². The number of carbonyl (C=O) groups is 4. The Kier molecular flexibility index (Phi) is 11.2. The van der Waals surface area contributed by atoms with Gasteiger partial charge in [0.1, 0.15) is 24.2 Å². The number of hydrogen-bond acceptors (Lipinski definition) is 8. The van der Waals surface area contributed by atoms with Crippen molar-refractivity contribution in [2.45, 2.75) is 71.1 Å². The van der Waals surface area contributed by atoms with Crippen molar-refractivity contribution < 1.29 is 33.4 Å². The molecule has 0 radical (unpaired) electrons. The van der Waals surface area contributed by atoms with Crippen molar-refractivity contribution in [3.05, 3.63) is 66.5 Å². The summed E-state index contributed by atoms with van der Waals surface area (Å²) in [7, 11) is 0. The lowest BCUT2D eigenvalue weighted by Gasteiger charge is -2.30. The molecule has 1 saturated heterocycles. The Morgan fingerprint density at radius 2 is 2.02 bits per heavy atom. The van der Waals surface area contributed by atoms with Crippen LogP contribution in [-0.4, -0.2) is 69.9 Å². The predicted octanol–water partition coefficient (Wildman–Crippen LogP) is 3.09. The molecule has 0 saturated carbocycles. The van der Waals surface area contributed by atoms with Crippen molar-refractivity contribution in [3.8, 4) is 0 Å². The molecule has 1 aromatic heterocycles. The molecular weight excluding hydrogens is 514 g/mol. The minimum absolute atomic E-state index is 0.00112. The third-order valence-electron chi connectivity index (χ3n) is 6.84. The quantitative estimate of drug-likeness (QED) is 0.430. The van der Waals surface area contributed by atoms with E-state index in [-0.39, 0.29) is 54.5 Å². The smallest absolute Gasteiger partial charge is 0.329 e. The molecule has 1 aromatic rings.